The van der Waals surface area contributed by atoms with Gasteiger partial charge in [0.15, 0.2) is 0 Å². The fourth-order valence-corrected chi connectivity index (χ4v) is 0.861. The molecule has 1 aliphatic heterocycles. The van der Waals surface area contributed by atoms with Crippen molar-refractivity contribution in [3.8, 4) is 0 Å². The minimum absolute atomic E-state index is 0.135. The highest BCUT2D eigenvalue weighted by Gasteiger charge is 2.41. The third-order valence-electron chi connectivity index (χ3n) is 1.36. The number of halogens is 2. The van der Waals surface area contributed by atoms with Crippen LogP contribution in [0.3, 0.4) is 0 Å². The Bertz CT molecular complexity index is 126. The molecule has 0 saturated carbocycles. The van der Waals surface area contributed by atoms with Crippen LogP contribution in [0.4, 0.5) is 8.78 Å². The van der Waals surface area contributed by atoms with Gasteiger partial charge in [-0.25, -0.2) is 0 Å². The summed E-state index contributed by atoms with van der Waals surface area (Å²) in [7, 11) is 0. The second kappa shape index (κ2) is 1.93. The Morgan fingerprint density at radius 1 is 1.56 bits per heavy atom. The summed E-state index contributed by atoms with van der Waals surface area (Å²) >= 11 is 0. The zero-order valence-electron chi connectivity index (χ0n) is 4.73. The van der Waals surface area contributed by atoms with Crippen LogP contribution in [0.5, 0.6) is 0 Å². The maximum Gasteiger partial charge on any atom is 0.328 e. The minimum Gasteiger partial charge on any atom is -0.275 e. The number of nitrogens with zero attached hydrogens (tertiary/aromatic N) is 1. The van der Waals surface area contributed by atoms with Crippen LogP contribution in [0, 0.1) is 0 Å². The van der Waals surface area contributed by atoms with Crippen LogP contribution in [-0.2, 0) is 4.79 Å². The Labute approximate surface area is 51.4 Å². The highest BCUT2D eigenvalue weighted by atomic mass is 19.3. The van der Waals surface area contributed by atoms with Gasteiger partial charge in [0.25, 0.3) is 0 Å². The summed E-state index contributed by atoms with van der Waals surface area (Å²) in [6.07, 6.45) is 1.34. The SMILES string of the molecule is O=[C]N1CCCC1(F)F. The summed E-state index contributed by atoms with van der Waals surface area (Å²) in [5, 5.41) is 0. The van der Waals surface area contributed by atoms with Crippen LogP contribution < -0.4 is 0 Å². The zero-order valence-corrected chi connectivity index (χ0v) is 4.73. The molecule has 0 aromatic carbocycles. The van der Waals surface area contributed by atoms with Crippen LogP contribution in [-0.4, -0.2) is 23.9 Å². The van der Waals surface area contributed by atoms with Gasteiger partial charge in [-0.15, -0.1) is 0 Å². The lowest BCUT2D eigenvalue weighted by atomic mass is 10.4. The van der Waals surface area contributed by atoms with Crippen molar-refractivity contribution >= 4 is 6.41 Å². The first-order valence-corrected chi connectivity index (χ1v) is 2.70. The first-order chi connectivity index (χ1) is 4.17. The average molecular weight is 134 g/mol. The zero-order chi connectivity index (χ0) is 6.91. The molecular weight excluding hydrogens is 128 g/mol. The summed E-state index contributed by atoms with van der Waals surface area (Å²) in [6, 6.07) is -2.93. The van der Waals surface area contributed by atoms with Crippen molar-refractivity contribution in [2.24, 2.45) is 0 Å². The molecule has 9 heavy (non-hydrogen) atoms. The molecule has 0 aliphatic carbocycles. The van der Waals surface area contributed by atoms with Crippen molar-refractivity contribution in [1.82, 2.24) is 4.90 Å². The molecule has 0 aromatic heterocycles. The van der Waals surface area contributed by atoms with Gasteiger partial charge in [0.1, 0.15) is 0 Å². The van der Waals surface area contributed by atoms with Gasteiger partial charge < -0.3 is 0 Å². The Morgan fingerprint density at radius 2 is 2.22 bits per heavy atom. The van der Waals surface area contributed by atoms with E-state index in [2.05, 4.69) is 0 Å². The van der Waals surface area contributed by atoms with Crippen LogP contribution in [0.1, 0.15) is 12.8 Å². The molecule has 4 heteroatoms. The number of hydrogen-bond donors (Lipinski definition) is 0. The molecule has 2 nitrogen and oxygen atoms in total. The molecule has 1 saturated heterocycles. The van der Waals surface area contributed by atoms with E-state index in [0.29, 0.717) is 11.3 Å². The van der Waals surface area contributed by atoms with Gasteiger partial charge in [0.2, 0.25) is 0 Å². The Hall–Kier alpha value is -0.670. The molecule has 1 aliphatic rings. The Morgan fingerprint density at radius 3 is 2.44 bits per heavy atom. The largest absolute Gasteiger partial charge is 0.328 e. The lowest BCUT2D eigenvalue weighted by Crippen LogP contribution is -2.33. The van der Waals surface area contributed by atoms with E-state index in [9.17, 15) is 13.6 Å². The van der Waals surface area contributed by atoms with Crippen molar-refractivity contribution in [2.75, 3.05) is 6.54 Å². The molecular formula is C5H6F2NO. The number of amides is 1. The smallest absolute Gasteiger partial charge is 0.275 e. The second-order valence-electron chi connectivity index (χ2n) is 2.01. The maximum absolute atomic E-state index is 12.3. The molecule has 0 atom stereocenters. The number of alkyl halides is 2. The predicted octanol–water partition coefficient (Wildman–Crippen LogP) is 0.742. The monoisotopic (exact) mass is 134 g/mol. The number of likely N-dealkylation sites (tertiary alicyclic amines) is 1. The van der Waals surface area contributed by atoms with E-state index < -0.39 is 6.05 Å². The van der Waals surface area contributed by atoms with Crippen molar-refractivity contribution in [3.63, 3.8) is 0 Å². The van der Waals surface area contributed by atoms with Crippen molar-refractivity contribution in [1.29, 1.82) is 0 Å². The second-order valence-corrected chi connectivity index (χ2v) is 2.01. The fourth-order valence-electron chi connectivity index (χ4n) is 0.861. The van der Waals surface area contributed by atoms with Gasteiger partial charge in [-0.1, -0.05) is 0 Å². The fraction of sp³-hybridized carbons (Fsp3) is 0.800. The van der Waals surface area contributed by atoms with E-state index in [0.717, 1.165) is 0 Å². The summed E-state index contributed by atoms with van der Waals surface area (Å²) in [5.41, 5.74) is 0. The Kier molecular flexibility index (Phi) is 1.38. The molecule has 0 aromatic rings. The van der Waals surface area contributed by atoms with Gasteiger partial charge in [-0.2, -0.15) is 8.78 Å². The number of rotatable bonds is 1. The van der Waals surface area contributed by atoms with Gasteiger partial charge >= 0.3 is 12.5 Å². The van der Waals surface area contributed by atoms with Gasteiger partial charge in [0, 0.05) is 13.0 Å². The molecule has 1 rings (SSSR count). The molecule has 0 N–H and O–H groups in total. The number of hydrogen-bond acceptors (Lipinski definition) is 1. The van der Waals surface area contributed by atoms with E-state index in [1.54, 1.807) is 0 Å². The standard InChI is InChI=1S/C5H6F2NO/c6-5(7)2-1-3-8(5)4-9/h1-3H2. The van der Waals surface area contributed by atoms with Crippen LogP contribution in [0.2, 0.25) is 0 Å². The molecule has 0 unspecified atom stereocenters. The van der Waals surface area contributed by atoms with E-state index in [4.69, 9.17) is 0 Å². The van der Waals surface area contributed by atoms with Crippen LogP contribution in [0.15, 0.2) is 0 Å². The van der Waals surface area contributed by atoms with E-state index in [-0.39, 0.29) is 13.0 Å². The molecule has 1 amide bonds. The van der Waals surface area contributed by atoms with Crippen molar-refractivity contribution in [3.05, 3.63) is 0 Å². The molecule has 51 valence electrons. The van der Waals surface area contributed by atoms with Gasteiger partial charge in [-0.3, -0.25) is 9.69 Å². The van der Waals surface area contributed by atoms with E-state index >= 15 is 0 Å². The molecule has 1 radical (unpaired) electrons. The van der Waals surface area contributed by atoms with Crippen molar-refractivity contribution < 1.29 is 13.6 Å². The van der Waals surface area contributed by atoms with Gasteiger partial charge in [0.05, 0.1) is 0 Å². The first kappa shape index (κ1) is 6.45. The predicted molar refractivity (Wildman–Crippen MR) is 26.6 cm³/mol. The lowest BCUT2D eigenvalue weighted by molar-refractivity contribution is -0.0828. The quantitative estimate of drug-likeness (QED) is 0.484. The van der Waals surface area contributed by atoms with E-state index in [1.807, 2.05) is 0 Å². The summed E-state index contributed by atoms with van der Waals surface area (Å²) in [6.45, 7) is 0.135. The van der Waals surface area contributed by atoms with Crippen molar-refractivity contribution in [2.45, 2.75) is 18.9 Å². The molecule has 1 fully saturated rings. The molecule has 0 spiro atoms. The van der Waals surface area contributed by atoms with Crippen LogP contribution in [0.25, 0.3) is 0 Å². The number of carbonyl (C=O) groups excluding carboxylic acids is 1. The normalized spacial score (nSPS) is 24.4. The summed E-state index contributed by atoms with van der Waals surface area (Å²) < 4.78 is 24.5. The molecule has 0 bridgehead atoms. The van der Waals surface area contributed by atoms with Crippen LogP contribution >= 0.6 is 0 Å². The first-order valence-electron chi connectivity index (χ1n) is 2.70. The third-order valence-corrected chi connectivity index (χ3v) is 1.36. The minimum atomic E-state index is -2.93. The third kappa shape index (κ3) is 1.01. The van der Waals surface area contributed by atoms with E-state index in [1.165, 1.54) is 6.41 Å². The summed E-state index contributed by atoms with van der Waals surface area (Å²) in [5.74, 6) is 0. The summed E-state index contributed by atoms with van der Waals surface area (Å²) in [4.78, 5) is 10.2. The lowest BCUT2D eigenvalue weighted by Gasteiger charge is -2.16. The Balaban J connectivity index is 2.62. The maximum atomic E-state index is 12.3. The van der Waals surface area contributed by atoms with Gasteiger partial charge in [-0.05, 0) is 6.42 Å². The molecule has 1 heterocycles. The highest BCUT2D eigenvalue weighted by Crippen LogP contribution is 2.29. The average Bonchev–Trinajstić information content (AvgIpc) is 2.08. The highest BCUT2D eigenvalue weighted by molar-refractivity contribution is 5.49. The topological polar surface area (TPSA) is 20.3 Å².